The largest absolute Gasteiger partial charge is 0.459 e. The van der Waals surface area contributed by atoms with Gasteiger partial charge in [-0.15, -0.1) is 18.3 Å². The molecule has 1 aliphatic heterocycles. The van der Waals surface area contributed by atoms with Gasteiger partial charge in [-0.05, 0) is 118 Å². The molecule has 6 rings (SSSR count). The molecule has 66 heavy (non-hydrogen) atoms. The highest BCUT2D eigenvalue weighted by atomic mass is 32.2. The first-order chi connectivity index (χ1) is 32.0. The Morgan fingerprint density at radius 3 is 2.35 bits per heavy atom. The number of ether oxygens (including phenoxy) is 6. The predicted molar refractivity (Wildman–Crippen MR) is 256 cm³/mol. The molecule has 2 aliphatic carbocycles. The first kappa shape index (κ1) is 51.0. The van der Waals surface area contributed by atoms with Crippen molar-refractivity contribution in [2.24, 2.45) is 22.9 Å². The van der Waals surface area contributed by atoms with Crippen LogP contribution in [0.15, 0.2) is 107 Å². The Hall–Kier alpha value is -4.41. The summed E-state index contributed by atoms with van der Waals surface area (Å²) in [7, 11) is 0. The van der Waals surface area contributed by atoms with Crippen LogP contribution in [0, 0.1) is 17.8 Å². The van der Waals surface area contributed by atoms with Crippen molar-refractivity contribution in [3.8, 4) is 17.2 Å². The molecule has 0 saturated heterocycles. The highest BCUT2D eigenvalue weighted by molar-refractivity contribution is 7.98. The van der Waals surface area contributed by atoms with Crippen molar-refractivity contribution >= 4 is 23.6 Å². The topological polar surface area (TPSA) is 158 Å². The summed E-state index contributed by atoms with van der Waals surface area (Å²) in [4.78, 5) is 23.7. The molecule has 6 atom stereocenters. The van der Waals surface area contributed by atoms with E-state index in [0.717, 1.165) is 47.3 Å². The number of thioether (sulfide) groups is 1. The Morgan fingerprint density at radius 2 is 1.65 bits per heavy atom. The Bertz CT molecular complexity index is 2040. The highest BCUT2D eigenvalue weighted by Crippen LogP contribution is 2.62. The van der Waals surface area contributed by atoms with Gasteiger partial charge in [0.05, 0.1) is 51.3 Å². The molecule has 14 heteroatoms. The number of aliphatic hydroxyl groups is 3. The minimum Gasteiger partial charge on any atom is -0.459 e. The van der Waals surface area contributed by atoms with E-state index in [9.17, 15) is 20.1 Å². The van der Waals surface area contributed by atoms with E-state index >= 15 is 0 Å². The third-order valence-corrected chi connectivity index (χ3v) is 13.0. The molecule has 0 aromatic heterocycles. The number of nitrogens with zero attached hydrogens (tertiary/aromatic N) is 2. The smallest absolute Gasteiger partial charge is 0.410 e. The molecule has 3 N–H and O–H groups in total. The summed E-state index contributed by atoms with van der Waals surface area (Å²) in [5.74, 6) is -0.258. The molecule has 1 saturated carbocycles. The third-order valence-electron chi connectivity index (χ3n) is 12.3. The van der Waals surface area contributed by atoms with Crippen molar-refractivity contribution in [2.45, 2.75) is 101 Å². The standard InChI is InChI=1S/C52H70N2O11S/c1-6-28-62-52-47(54(24-29-59-30-27-57)50(58)61-32-31-60-36-37-14-8-7-9-15-37)35-45(53-65-51(2,3)4)43-33-38(16-10-12-25-55)42(17-11-13-26-56)48(49(43)52)44-34-40(20-23-46(44)64-52)63-39-18-21-41(66-5)22-19-39/h6-9,14-15,18-23,33-34,38,42,47-49,55-57H,1,10-13,16-17,24-32,35-36H2,2-5H3/t38-,42+,47-,48+,49+,52+/m0/s1. The summed E-state index contributed by atoms with van der Waals surface area (Å²) in [6.07, 6.45) is 10.1. The van der Waals surface area contributed by atoms with Crippen molar-refractivity contribution in [1.82, 2.24) is 4.90 Å². The monoisotopic (exact) mass is 930 g/mol. The molecule has 3 aromatic rings. The van der Waals surface area contributed by atoms with Crippen LogP contribution in [0.4, 0.5) is 4.79 Å². The van der Waals surface area contributed by atoms with Gasteiger partial charge < -0.3 is 48.6 Å². The highest BCUT2D eigenvalue weighted by Gasteiger charge is 2.65. The zero-order valence-electron chi connectivity index (χ0n) is 39.1. The summed E-state index contributed by atoms with van der Waals surface area (Å²) in [6.45, 7) is 10.8. The molecule has 1 fully saturated rings. The maximum atomic E-state index is 14.7. The number of oxime groups is 1. The van der Waals surface area contributed by atoms with Gasteiger partial charge in [0.1, 0.15) is 35.5 Å². The van der Waals surface area contributed by atoms with Crippen LogP contribution >= 0.6 is 11.8 Å². The number of carbonyl (C=O) groups is 1. The van der Waals surface area contributed by atoms with Crippen LogP contribution < -0.4 is 9.47 Å². The van der Waals surface area contributed by atoms with Gasteiger partial charge in [0.2, 0.25) is 5.79 Å². The molecular weight excluding hydrogens is 861 g/mol. The quantitative estimate of drug-likeness (QED) is 0.0304. The first-order valence-corrected chi connectivity index (χ1v) is 24.6. The number of hydrogen-bond acceptors (Lipinski definition) is 13. The Balaban J connectivity index is 1.50. The van der Waals surface area contributed by atoms with Crippen molar-refractivity contribution in [3.05, 3.63) is 108 Å². The number of carbonyl (C=O) groups excluding carboxylic acids is 1. The number of hydrogen-bond donors (Lipinski definition) is 3. The molecule has 3 aromatic carbocycles. The third kappa shape index (κ3) is 13.2. The zero-order valence-corrected chi connectivity index (χ0v) is 39.9. The first-order valence-electron chi connectivity index (χ1n) is 23.4. The van der Waals surface area contributed by atoms with Gasteiger partial charge in [0.25, 0.3) is 0 Å². The maximum absolute atomic E-state index is 14.7. The lowest BCUT2D eigenvalue weighted by molar-refractivity contribution is -0.256. The average Bonchev–Trinajstić information content (AvgIpc) is 3.31. The number of allylic oxidation sites excluding steroid dienone is 1. The van der Waals surface area contributed by atoms with Crippen LogP contribution in [0.2, 0.25) is 0 Å². The lowest BCUT2D eigenvalue weighted by Gasteiger charge is -2.59. The van der Waals surface area contributed by atoms with Crippen LogP contribution in [0.5, 0.6) is 17.2 Å². The molecule has 360 valence electrons. The van der Waals surface area contributed by atoms with Gasteiger partial charge in [0.15, 0.2) is 0 Å². The fraction of sp³-hybridized carbons (Fsp3) is 0.538. The Morgan fingerprint density at radius 1 is 0.909 bits per heavy atom. The molecule has 0 unspecified atom stereocenters. The van der Waals surface area contributed by atoms with E-state index in [1.165, 1.54) is 0 Å². The van der Waals surface area contributed by atoms with Crippen LogP contribution in [-0.4, -0.2) is 115 Å². The maximum Gasteiger partial charge on any atom is 0.410 e. The summed E-state index contributed by atoms with van der Waals surface area (Å²) in [6, 6.07) is 22.9. The van der Waals surface area contributed by atoms with E-state index in [1.54, 1.807) is 22.7 Å². The van der Waals surface area contributed by atoms with Gasteiger partial charge in [-0.25, -0.2) is 4.79 Å². The fourth-order valence-corrected chi connectivity index (χ4v) is 9.83. The molecule has 13 nitrogen and oxygen atoms in total. The van der Waals surface area contributed by atoms with Gasteiger partial charge >= 0.3 is 6.09 Å². The second kappa shape index (κ2) is 25.1. The van der Waals surface area contributed by atoms with E-state index in [-0.39, 0.29) is 83.6 Å². The normalized spacial score (nSPS) is 22.7. The molecule has 0 spiro atoms. The zero-order chi connectivity index (χ0) is 46.9. The molecule has 1 amide bonds. The Kier molecular flexibility index (Phi) is 19.4. The fourth-order valence-electron chi connectivity index (χ4n) is 9.42. The van der Waals surface area contributed by atoms with Crippen molar-refractivity contribution < 1.29 is 53.4 Å². The van der Waals surface area contributed by atoms with E-state index in [0.29, 0.717) is 42.4 Å². The van der Waals surface area contributed by atoms with Gasteiger partial charge in [-0.1, -0.05) is 60.5 Å². The van der Waals surface area contributed by atoms with Gasteiger partial charge in [-0.2, -0.15) is 0 Å². The summed E-state index contributed by atoms with van der Waals surface area (Å²) < 4.78 is 38.7. The van der Waals surface area contributed by atoms with Gasteiger partial charge in [0, 0.05) is 42.6 Å². The van der Waals surface area contributed by atoms with E-state index < -0.39 is 29.4 Å². The van der Waals surface area contributed by atoms with Crippen LogP contribution in [0.25, 0.3) is 0 Å². The number of aliphatic hydroxyl groups excluding tert-OH is 3. The minimum absolute atomic E-state index is 0.00683. The second-order valence-corrected chi connectivity index (χ2v) is 18.8. The molecule has 0 bridgehead atoms. The van der Waals surface area contributed by atoms with E-state index in [2.05, 4.69) is 18.7 Å². The lowest BCUT2D eigenvalue weighted by atomic mass is 9.55. The van der Waals surface area contributed by atoms with Crippen LogP contribution in [-0.2, 0) is 30.4 Å². The average molecular weight is 931 g/mol. The predicted octanol–water partition coefficient (Wildman–Crippen LogP) is 9.30. The Labute approximate surface area is 395 Å². The second-order valence-electron chi connectivity index (χ2n) is 17.9. The number of benzene rings is 3. The summed E-state index contributed by atoms with van der Waals surface area (Å²) in [5.41, 5.74) is 2.90. The van der Waals surface area contributed by atoms with Crippen LogP contribution in [0.3, 0.4) is 0 Å². The molecular formula is C52H70N2O11S. The number of rotatable bonds is 26. The number of amides is 1. The molecule has 0 radical (unpaired) electrons. The van der Waals surface area contributed by atoms with E-state index in [4.69, 9.17) is 38.4 Å². The number of unbranched alkanes of at least 4 members (excludes halogenated alkanes) is 2. The van der Waals surface area contributed by atoms with E-state index in [1.807, 2.05) is 93.8 Å². The molecule has 1 heterocycles. The SMILES string of the molecule is C=CCO[C@@]12Oc3ccc(Oc4ccc(SC)cc4)cc3[C@H]3[C@H](CCCCO)[C@@H](CCCCO)C=C(C(=NOC(C)(C)C)C[C@@H]1N(CCOCCO)C(=O)OCCOCc1ccccc1)[C@H]32. The lowest BCUT2D eigenvalue weighted by Crippen LogP contribution is -2.70. The minimum atomic E-state index is -1.50. The summed E-state index contributed by atoms with van der Waals surface area (Å²) >= 11 is 1.66. The van der Waals surface area contributed by atoms with Gasteiger partial charge in [-0.3, -0.25) is 4.90 Å². The van der Waals surface area contributed by atoms with Crippen molar-refractivity contribution in [2.75, 3.05) is 65.7 Å². The molecule has 3 aliphatic rings. The number of fused-ring (bicyclic) bond motifs is 2. The van der Waals surface area contributed by atoms with Crippen LogP contribution in [0.1, 0.15) is 82.8 Å². The van der Waals surface area contributed by atoms with Crippen molar-refractivity contribution in [3.63, 3.8) is 0 Å². The summed E-state index contributed by atoms with van der Waals surface area (Å²) in [5, 5.41) is 34.5. The van der Waals surface area contributed by atoms with Crippen molar-refractivity contribution in [1.29, 1.82) is 0 Å².